The average molecular weight is 241 g/mol. The van der Waals surface area contributed by atoms with Crippen molar-refractivity contribution in [3.63, 3.8) is 0 Å². The molecule has 1 atom stereocenters. The Morgan fingerprint density at radius 3 is 3.06 bits per heavy atom. The lowest BCUT2D eigenvalue weighted by molar-refractivity contribution is -0.117. The summed E-state index contributed by atoms with van der Waals surface area (Å²) in [6.45, 7) is 0.570. The molecule has 16 heavy (non-hydrogen) atoms. The van der Waals surface area contributed by atoms with Gasteiger partial charge in [-0.3, -0.25) is 9.69 Å². The number of pyridine rings is 1. The van der Waals surface area contributed by atoms with Crippen LogP contribution in [0.15, 0.2) is 18.3 Å². The Morgan fingerprint density at radius 1 is 1.62 bits per heavy atom. The maximum atomic E-state index is 11.7. The lowest BCUT2D eigenvalue weighted by Gasteiger charge is -2.15. The second kappa shape index (κ2) is 4.80. The van der Waals surface area contributed by atoms with Crippen LogP contribution in [0.3, 0.4) is 0 Å². The Bertz CT molecular complexity index is 397. The molecule has 1 aromatic heterocycles. The molecule has 86 valence electrons. The molecule has 0 aromatic carbocycles. The number of hydrogen-bond acceptors (Lipinski definition) is 3. The molecule has 1 aromatic rings. The number of aliphatic hydroxyl groups excluding tert-OH is 1. The third kappa shape index (κ3) is 2.18. The number of rotatable bonds is 3. The summed E-state index contributed by atoms with van der Waals surface area (Å²) in [5.74, 6) is 1.34. The molecule has 1 fully saturated rings. The van der Waals surface area contributed by atoms with Crippen LogP contribution in [0.2, 0.25) is 0 Å². The SMILES string of the molecule is O=C1CC(CCl)CN1c1cc(CO)ccn1. The van der Waals surface area contributed by atoms with Crippen molar-refractivity contribution in [1.29, 1.82) is 0 Å². The first-order valence-corrected chi connectivity index (χ1v) is 5.70. The van der Waals surface area contributed by atoms with Crippen LogP contribution in [0.4, 0.5) is 5.82 Å². The number of carbonyl (C=O) groups is 1. The van der Waals surface area contributed by atoms with Crippen LogP contribution < -0.4 is 4.90 Å². The number of alkyl halides is 1. The lowest BCUT2D eigenvalue weighted by Crippen LogP contribution is -2.25. The highest BCUT2D eigenvalue weighted by Gasteiger charge is 2.30. The molecule has 4 nitrogen and oxygen atoms in total. The maximum absolute atomic E-state index is 11.7. The van der Waals surface area contributed by atoms with Gasteiger partial charge in [0.05, 0.1) is 6.61 Å². The maximum Gasteiger partial charge on any atom is 0.228 e. The number of aromatic nitrogens is 1. The van der Waals surface area contributed by atoms with Gasteiger partial charge in [0.2, 0.25) is 5.91 Å². The summed E-state index contributed by atoms with van der Waals surface area (Å²) in [6.07, 6.45) is 2.08. The van der Waals surface area contributed by atoms with Crippen molar-refractivity contribution in [1.82, 2.24) is 4.98 Å². The van der Waals surface area contributed by atoms with Gasteiger partial charge in [-0.25, -0.2) is 4.98 Å². The zero-order chi connectivity index (χ0) is 11.5. The first-order valence-electron chi connectivity index (χ1n) is 5.16. The third-order valence-corrected chi connectivity index (χ3v) is 3.13. The van der Waals surface area contributed by atoms with Crippen molar-refractivity contribution in [3.05, 3.63) is 23.9 Å². The Balaban J connectivity index is 2.20. The predicted molar refractivity (Wildman–Crippen MR) is 61.3 cm³/mol. The number of anilines is 1. The van der Waals surface area contributed by atoms with Gasteiger partial charge in [0.1, 0.15) is 5.82 Å². The van der Waals surface area contributed by atoms with Crippen LogP contribution in [-0.4, -0.2) is 28.4 Å². The van der Waals surface area contributed by atoms with Crippen LogP contribution in [0.25, 0.3) is 0 Å². The molecular formula is C11H13ClN2O2. The molecular weight excluding hydrogens is 228 g/mol. The van der Waals surface area contributed by atoms with E-state index < -0.39 is 0 Å². The quantitative estimate of drug-likeness (QED) is 0.807. The third-order valence-electron chi connectivity index (χ3n) is 2.69. The largest absolute Gasteiger partial charge is 0.392 e. The van der Waals surface area contributed by atoms with Gasteiger partial charge in [-0.2, -0.15) is 0 Å². The summed E-state index contributed by atoms with van der Waals surface area (Å²) < 4.78 is 0. The number of hydrogen-bond donors (Lipinski definition) is 1. The van der Waals surface area contributed by atoms with E-state index in [2.05, 4.69) is 4.98 Å². The Labute approximate surface area is 98.9 Å². The second-order valence-electron chi connectivity index (χ2n) is 3.91. The number of aliphatic hydroxyl groups is 1. The van der Waals surface area contributed by atoms with Gasteiger partial charge in [0, 0.05) is 25.0 Å². The zero-order valence-corrected chi connectivity index (χ0v) is 9.52. The van der Waals surface area contributed by atoms with E-state index in [0.717, 1.165) is 5.56 Å². The topological polar surface area (TPSA) is 53.4 Å². The summed E-state index contributed by atoms with van der Waals surface area (Å²) in [5, 5.41) is 9.02. The van der Waals surface area contributed by atoms with Gasteiger partial charge in [0.15, 0.2) is 0 Å². The molecule has 1 unspecified atom stereocenters. The van der Waals surface area contributed by atoms with E-state index >= 15 is 0 Å². The fraction of sp³-hybridized carbons (Fsp3) is 0.455. The highest BCUT2D eigenvalue weighted by Crippen LogP contribution is 2.24. The van der Waals surface area contributed by atoms with Gasteiger partial charge in [0.25, 0.3) is 0 Å². The standard InChI is InChI=1S/C11H13ClN2O2/c12-5-9-4-11(16)14(6-9)10-3-8(7-15)1-2-13-10/h1-3,9,15H,4-7H2. The molecule has 5 heteroatoms. The number of nitrogens with zero attached hydrogens (tertiary/aromatic N) is 2. The van der Waals surface area contributed by atoms with Gasteiger partial charge >= 0.3 is 0 Å². The Hall–Kier alpha value is -1.13. The Kier molecular flexibility index (Phi) is 3.41. The lowest BCUT2D eigenvalue weighted by atomic mass is 10.1. The van der Waals surface area contributed by atoms with E-state index in [4.69, 9.17) is 16.7 Å². The van der Waals surface area contributed by atoms with Crippen molar-refractivity contribution in [2.45, 2.75) is 13.0 Å². The minimum atomic E-state index is -0.0452. The van der Waals surface area contributed by atoms with E-state index in [9.17, 15) is 4.79 Å². The molecule has 0 spiro atoms. The molecule has 0 aliphatic carbocycles. The first-order chi connectivity index (χ1) is 7.74. The van der Waals surface area contributed by atoms with Crippen molar-refractivity contribution in [2.24, 2.45) is 5.92 Å². The molecule has 2 rings (SSSR count). The van der Waals surface area contributed by atoms with Crippen molar-refractivity contribution in [2.75, 3.05) is 17.3 Å². The molecule has 2 heterocycles. The normalized spacial score (nSPS) is 20.5. The molecule has 1 aliphatic heterocycles. The van der Waals surface area contributed by atoms with E-state index in [1.165, 1.54) is 0 Å². The molecule has 0 saturated carbocycles. The minimum Gasteiger partial charge on any atom is -0.392 e. The highest BCUT2D eigenvalue weighted by molar-refractivity contribution is 6.18. The predicted octanol–water partition coefficient (Wildman–Crippen LogP) is 1.17. The fourth-order valence-electron chi connectivity index (χ4n) is 1.81. The van der Waals surface area contributed by atoms with Crippen molar-refractivity contribution < 1.29 is 9.90 Å². The van der Waals surface area contributed by atoms with Crippen LogP contribution in [0.1, 0.15) is 12.0 Å². The molecule has 1 amide bonds. The van der Waals surface area contributed by atoms with E-state index in [1.807, 2.05) is 0 Å². The summed E-state index contributed by atoms with van der Waals surface area (Å²) in [6, 6.07) is 3.46. The summed E-state index contributed by atoms with van der Waals surface area (Å²) in [5.41, 5.74) is 0.757. The Morgan fingerprint density at radius 2 is 2.44 bits per heavy atom. The van der Waals surface area contributed by atoms with Crippen LogP contribution in [0, 0.1) is 5.92 Å². The van der Waals surface area contributed by atoms with Crippen LogP contribution in [-0.2, 0) is 11.4 Å². The fourth-order valence-corrected chi connectivity index (χ4v) is 2.02. The summed E-state index contributed by atoms with van der Waals surface area (Å²) >= 11 is 5.75. The van der Waals surface area contributed by atoms with E-state index in [1.54, 1.807) is 23.2 Å². The first kappa shape index (κ1) is 11.4. The van der Waals surface area contributed by atoms with Crippen molar-refractivity contribution in [3.8, 4) is 0 Å². The number of amides is 1. The highest BCUT2D eigenvalue weighted by atomic mass is 35.5. The van der Waals surface area contributed by atoms with Gasteiger partial charge in [-0.05, 0) is 23.6 Å². The van der Waals surface area contributed by atoms with Gasteiger partial charge in [-0.1, -0.05) is 0 Å². The molecule has 1 aliphatic rings. The van der Waals surface area contributed by atoms with E-state index in [0.29, 0.717) is 24.7 Å². The van der Waals surface area contributed by atoms with Crippen molar-refractivity contribution >= 4 is 23.3 Å². The van der Waals surface area contributed by atoms with E-state index in [-0.39, 0.29) is 18.4 Å². The molecule has 0 radical (unpaired) electrons. The molecule has 1 saturated heterocycles. The smallest absolute Gasteiger partial charge is 0.228 e. The second-order valence-corrected chi connectivity index (χ2v) is 4.22. The number of halogens is 1. The number of carbonyl (C=O) groups excluding carboxylic acids is 1. The minimum absolute atomic E-state index is 0.0452. The zero-order valence-electron chi connectivity index (χ0n) is 8.77. The summed E-state index contributed by atoms with van der Waals surface area (Å²) in [4.78, 5) is 17.5. The molecule has 0 bridgehead atoms. The van der Waals surface area contributed by atoms with Crippen LogP contribution in [0.5, 0.6) is 0 Å². The monoisotopic (exact) mass is 240 g/mol. The van der Waals surface area contributed by atoms with Gasteiger partial charge in [-0.15, -0.1) is 11.6 Å². The van der Waals surface area contributed by atoms with Crippen LogP contribution >= 0.6 is 11.6 Å². The molecule has 1 N–H and O–H groups in total. The summed E-state index contributed by atoms with van der Waals surface area (Å²) in [7, 11) is 0. The average Bonchev–Trinajstić information content (AvgIpc) is 2.71. The van der Waals surface area contributed by atoms with Gasteiger partial charge < -0.3 is 5.11 Å².